The topological polar surface area (TPSA) is 111 Å². The summed E-state index contributed by atoms with van der Waals surface area (Å²) in [4.78, 5) is 30.8. The molecule has 3 aromatic rings. The number of primary amides is 1. The molecule has 0 bridgehead atoms. The Kier molecular flexibility index (Phi) is 4.18. The number of nitrogens with zero attached hydrogens (tertiary/aromatic N) is 3. The highest BCUT2D eigenvalue weighted by Gasteiger charge is 2.14. The molecule has 0 aliphatic rings. The zero-order valence-corrected chi connectivity index (χ0v) is 13.4. The predicted molar refractivity (Wildman–Crippen MR) is 90.8 cm³/mol. The molecule has 0 fully saturated rings. The van der Waals surface area contributed by atoms with Crippen molar-refractivity contribution in [2.45, 2.75) is 13.5 Å². The third-order valence-electron chi connectivity index (χ3n) is 3.58. The molecule has 0 radical (unpaired) electrons. The first-order valence-electron chi connectivity index (χ1n) is 7.39. The molecule has 0 unspecified atom stereocenters. The lowest BCUT2D eigenvalue weighted by atomic mass is 10.1. The van der Waals surface area contributed by atoms with Crippen LogP contribution in [0.5, 0.6) is 0 Å². The quantitative estimate of drug-likeness (QED) is 0.702. The lowest BCUT2D eigenvalue weighted by Gasteiger charge is -2.01. The largest absolute Gasteiger partial charge is 0.480 e. The Balaban J connectivity index is 2.04. The molecule has 0 spiro atoms. The van der Waals surface area contributed by atoms with Gasteiger partial charge in [0.2, 0.25) is 0 Å². The van der Waals surface area contributed by atoms with Crippen molar-refractivity contribution in [1.29, 1.82) is 0 Å². The fourth-order valence-corrected chi connectivity index (χ4v) is 2.45. The number of aryl methyl sites for hydroxylation is 1. The van der Waals surface area contributed by atoms with Crippen LogP contribution < -0.4 is 5.73 Å². The molecular weight excluding hydrogens is 320 g/mol. The Morgan fingerprint density at radius 1 is 1.20 bits per heavy atom. The minimum atomic E-state index is -1.00. The number of fused-ring (bicyclic) bond motifs is 1. The van der Waals surface area contributed by atoms with Gasteiger partial charge in [-0.25, -0.2) is 9.97 Å². The summed E-state index contributed by atoms with van der Waals surface area (Å²) in [6.45, 7) is 1.54. The zero-order valence-electron chi connectivity index (χ0n) is 13.4. The number of hydrogen-bond donors (Lipinski definition) is 2. The Hall–Kier alpha value is -3.66. The molecule has 1 amide bonds. The average molecular weight is 334 g/mol. The third-order valence-corrected chi connectivity index (χ3v) is 3.58. The lowest BCUT2D eigenvalue weighted by molar-refractivity contribution is -0.137. The Labute approximate surface area is 143 Å². The molecule has 0 atom stereocenters. The maximum absolute atomic E-state index is 11.6. The van der Waals surface area contributed by atoms with E-state index in [1.807, 2.05) is 0 Å². The third kappa shape index (κ3) is 3.48. The fourth-order valence-electron chi connectivity index (χ4n) is 2.45. The van der Waals surface area contributed by atoms with Crippen LogP contribution in [0.15, 0.2) is 36.8 Å². The van der Waals surface area contributed by atoms with Gasteiger partial charge in [0, 0.05) is 35.1 Å². The van der Waals surface area contributed by atoms with Crippen molar-refractivity contribution >= 4 is 22.8 Å². The van der Waals surface area contributed by atoms with Crippen molar-refractivity contribution in [2.24, 2.45) is 5.73 Å². The van der Waals surface area contributed by atoms with Crippen LogP contribution in [0.4, 0.5) is 0 Å². The van der Waals surface area contributed by atoms with E-state index in [4.69, 9.17) is 10.8 Å². The molecule has 0 aliphatic carbocycles. The first-order valence-corrected chi connectivity index (χ1v) is 7.39. The van der Waals surface area contributed by atoms with Gasteiger partial charge in [-0.15, -0.1) is 0 Å². The average Bonchev–Trinajstić information content (AvgIpc) is 2.92. The summed E-state index contributed by atoms with van der Waals surface area (Å²) in [6, 6.07) is 5.20. The van der Waals surface area contributed by atoms with Gasteiger partial charge in [-0.3, -0.25) is 9.59 Å². The summed E-state index contributed by atoms with van der Waals surface area (Å²) in [7, 11) is 0. The SMILES string of the molecule is Cc1ncc(C#Cc2ccc3c(c2)c(C(N)=O)cn3CC(=O)O)cn1. The molecular formula is C18H14N4O3. The van der Waals surface area contributed by atoms with Crippen molar-refractivity contribution in [2.75, 3.05) is 0 Å². The monoisotopic (exact) mass is 334 g/mol. The molecule has 7 nitrogen and oxygen atoms in total. The van der Waals surface area contributed by atoms with Gasteiger partial charge in [-0.1, -0.05) is 11.8 Å². The van der Waals surface area contributed by atoms with Crippen LogP contribution in [0.2, 0.25) is 0 Å². The van der Waals surface area contributed by atoms with Crippen molar-refractivity contribution in [3.8, 4) is 11.8 Å². The molecule has 2 heterocycles. The lowest BCUT2D eigenvalue weighted by Crippen LogP contribution is -2.11. The van der Waals surface area contributed by atoms with E-state index in [9.17, 15) is 9.59 Å². The minimum absolute atomic E-state index is 0.254. The summed E-state index contributed by atoms with van der Waals surface area (Å²) in [5.41, 5.74) is 7.62. The molecule has 0 aliphatic heterocycles. The second kappa shape index (κ2) is 6.45. The number of nitrogens with two attached hydrogens (primary N) is 1. The van der Waals surface area contributed by atoms with Crippen molar-refractivity contribution in [3.63, 3.8) is 0 Å². The van der Waals surface area contributed by atoms with Crippen LogP contribution in [-0.4, -0.2) is 31.5 Å². The maximum atomic E-state index is 11.6. The molecule has 0 saturated carbocycles. The standard InChI is InChI=1S/C18H14N4O3/c1-11-20-7-13(8-21-11)3-2-12-4-5-16-14(6-12)15(18(19)25)9-22(16)10-17(23)24/h4-9H,10H2,1H3,(H2,19,25)(H,23,24). The Morgan fingerprint density at radius 3 is 2.52 bits per heavy atom. The summed E-state index contributed by atoms with van der Waals surface area (Å²) in [5.74, 6) is 4.97. The van der Waals surface area contributed by atoms with Gasteiger partial charge in [0.15, 0.2) is 0 Å². The number of amides is 1. The number of hydrogen-bond acceptors (Lipinski definition) is 4. The summed E-state index contributed by atoms with van der Waals surface area (Å²) >= 11 is 0. The highest BCUT2D eigenvalue weighted by atomic mass is 16.4. The molecule has 1 aromatic carbocycles. The van der Waals surface area contributed by atoms with Crippen molar-refractivity contribution in [3.05, 3.63) is 59.3 Å². The molecule has 3 rings (SSSR count). The molecule has 124 valence electrons. The summed E-state index contributed by atoms with van der Waals surface area (Å²) < 4.78 is 1.47. The summed E-state index contributed by atoms with van der Waals surface area (Å²) in [6.07, 6.45) is 4.71. The smallest absolute Gasteiger partial charge is 0.323 e. The Bertz CT molecular complexity index is 1040. The number of carboxylic acid groups (broad SMARTS) is 1. The number of rotatable bonds is 3. The minimum Gasteiger partial charge on any atom is -0.480 e. The van der Waals surface area contributed by atoms with E-state index in [1.54, 1.807) is 37.5 Å². The van der Waals surface area contributed by atoms with E-state index >= 15 is 0 Å². The molecule has 0 saturated heterocycles. The molecule has 2 aromatic heterocycles. The van der Waals surface area contributed by atoms with Crippen LogP contribution >= 0.6 is 0 Å². The highest BCUT2D eigenvalue weighted by molar-refractivity contribution is 6.06. The van der Waals surface area contributed by atoms with E-state index in [1.165, 1.54) is 10.8 Å². The Morgan fingerprint density at radius 2 is 1.88 bits per heavy atom. The predicted octanol–water partition coefficient (Wildman–Crippen LogP) is 1.32. The van der Waals surface area contributed by atoms with Gasteiger partial charge < -0.3 is 15.4 Å². The van der Waals surface area contributed by atoms with Crippen LogP contribution in [0, 0.1) is 18.8 Å². The van der Waals surface area contributed by atoms with Crippen LogP contribution in [-0.2, 0) is 11.3 Å². The number of carboxylic acids is 1. The van der Waals surface area contributed by atoms with Gasteiger partial charge in [-0.2, -0.15) is 0 Å². The normalized spacial score (nSPS) is 10.3. The van der Waals surface area contributed by atoms with Gasteiger partial charge in [-0.05, 0) is 25.1 Å². The van der Waals surface area contributed by atoms with E-state index in [2.05, 4.69) is 21.8 Å². The molecule has 3 N–H and O–H groups in total. The molecule has 7 heteroatoms. The van der Waals surface area contributed by atoms with Gasteiger partial charge in [0.05, 0.1) is 11.1 Å². The van der Waals surface area contributed by atoms with E-state index in [0.717, 1.165) is 0 Å². The van der Waals surface area contributed by atoms with Crippen LogP contribution in [0.25, 0.3) is 10.9 Å². The number of aliphatic carboxylic acids is 1. The van der Waals surface area contributed by atoms with E-state index in [-0.39, 0.29) is 12.1 Å². The maximum Gasteiger partial charge on any atom is 0.323 e. The van der Waals surface area contributed by atoms with Crippen LogP contribution in [0.1, 0.15) is 27.3 Å². The highest BCUT2D eigenvalue weighted by Crippen LogP contribution is 2.22. The first kappa shape index (κ1) is 16.2. The van der Waals surface area contributed by atoms with Crippen molar-refractivity contribution in [1.82, 2.24) is 14.5 Å². The van der Waals surface area contributed by atoms with Crippen molar-refractivity contribution < 1.29 is 14.7 Å². The van der Waals surface area contributed by atoms with Gasteiger partial charge in [0.25, 0.3) is 5.91 Å². The van der Waals surface area contributed by atoms with Crippen LogP contribution in [0.3, 0.4) is 0 Å². The molecule has 25 heavy (non-hydrogen) atoms. The zero-order chi connectivity index (χ0) is 18.0. The number of carbonyl (C=O) groups is 2. The van der Waals surface area contributed by atoms with Gasteiger partial charge >= 0.3 is 5.97 Å². The second-order valence-corrected chi connectivity index (χ2v) is 5.43. The fraction of sp³-hybridized carbons (Fsp3) is 0.111. The van der Waals surface area contributed by atoms with E-state index < -0.39 is 11.9 Å². The number of benzene rings is 1. The second-order valence-electron chi connectivity index (χ2n) is 5.43. The van der Waals surface area contributed by atoms with Gasteiger partial charge in [0.1, 0.15) is 12.4 Å². The summed E-state index contributed by atoms with van der Waals surface area (Å²) in [5, 5.41) is 9.56. The first-order chi connectivity index (χ1) is 11.9. The number of aromatic nitrogens is 3. The van der Waals surface area contributed by atoms with E-state index in [0.29, 0.717) is 27.9 Å². The number of carbonyl (C=O) groups excluding carboxylic acids is 1.